The van der Waals surface area contributed by atoms with Crippen molar-refractivity contribution < 1.29 is 9.59 Å². The van der Waals surface area contributed by atoms with E-state index >= 15 is 0 Å². The van der Waals surface area contributed by atoms with Crippen molar-refractivity contribution in [2.45, 2.75) is 39.7 Å². The van der Waals surface area contributed by atoms with Crippen LogP contribution in [0.3, 0.4) is 0 Å². The summed E-state index contributed by atoms with van der Waals surface area (Å²) in [6, 6.07) is 5.76. The number of likely N-dealkylation sites (tertiary alicyclic amines) is 1. The van der Waals surface area contributed by atoms with Gasteiger partial charge in [-0.15, -0.1) is 0 Å². The Morgan fingerprint density at radius 2 is 1.85 bits per heavy atom. The molecule has 1 aliphatic heterocycles. The molecule has 108 valence electrons. The molecule has 1 aromatic carbocycles. The number of imide groups is 1. The number of nitrogens with zero attached hydrogens (tertiary/aromatic N) is 1. The molecular weight excluding hydrogens is 252 g/mol. The van der Waals surface area contributed by atoms with Crippen molar-refractivity contribution in [1.82, 2.24) is 4.90 Å². The Bertz CT molecular complexity index is 521. The first-order valence-corrected chi connectivity index (χ1v) is 7.04. The van der Waals surface area contributed by atoms with Crippen LogP contribution in [0.15, 0.2) is 18.2 Å². The van der Waals surface area contributed by atoms with Gasteiger partial charge in [0, 0.05) is 25.4 Å². The van der Waals surface area contributed by atoms with E-state index in [2.05, 4.69) is 0 Å². The summed E-state index contributed by atoms with van der Waals surface area (Å²) in [7, 11) is 0. The van der Waals surface area contributed by atoms with Crippen molar-refractivity contribution in [3.63, 3.8) is 0 Å². The molecule has 1 saturated heterocycles. The molecule has 1 atom stereocenters. The SMILES string of the molecule is Cc1ccc(C)c(C(N)CN2C(=O)CC(C)CC2=O)c1. The van der Waals surface area contributed by atoms with Crippen molar-refractivity contribution >= 4 is 11.8 Å². The molecule has 2 N–H and O–H groups in total. The lowest BCUT2D eigenvalue weighted by Crippen LogP contribution is -2.46. The normalized spacial score (nSPS) is 18.5. The van der Waals surface area contributed by atoms with Crippen LogP contribution < -0.4 is 5.73 Å². The lowest BCUT2D eigenvalue weighted by atomic mass is 9.95. The van der Waals surface area contributed by atoms with Gasteiger partial charge in [0.1, 0.15) is 0 Å². The van der Waals surface area contributed by atoms with Crippen LogP contribution in [0.5, 0.6) is 0 Å². The predicted molar refractivity (Wildman–Crippen MR) is 78.0 cm³/mol. The van der Waals surface area contributed by atoms with Gasteiger partial charge < -0.3 is 5.73 Å². The van der Waals surface area contributed by atoms with Crippen LogP contribution in [0.2, 0.25) is 0 Å². The van der Waals surface area contributed by atoms with E-state index in [0.29, 0.717) is 12.8 Å². The van der Waals surface area contributed by atoms with E-state index in [1.807, 2.05) is 39.0 Å². The summed E-state index contributed by atoms with van der Waals surface area (Å²) < 4.78 is 0. The van der Waals surface area contributed by atoms with E-state index in [9.17, 15) is 9.59 Å². The lowest BCUT2D eigenvalue weighted by Gasteiger charge is -2.30. The van der Waals surface area contributed by atoms with Crippen LogP contribution >= 0.6 is 0 Å². The predicted octanol–water partition coefficient (Wildman–Crippen LogP) is 2.09. The summed E-state index contributed by atoms with van der Waals surface area (Å²) in [5.41, 5.74) is 9.43. The molecule has 1 aromatic rings. The van der Waals surface area contributed by atoms with E-state index in [-0.39, 0.29) is 30.3 Å². The second-order valence-corrected chi connectivity index (χ2v) is 5.88. The molecule has 2 rings (SSSR count). The highest BCUT2D eigenvalue weighted by Gasteiger charge is 2.31. The highest BCUT2D eigenvalue weighted by atomic mass is 16.2. The van der Waals surface area contributed by atoms with Gasteiger partial charge in [0.05, 0.1) is 0 Å². The fourth-order valence-corrected chi connectivity index (χ4v) is 2.69. The summed E-state index contributed by atoms with van der Waals surface area (Å²) in [5, 5.41) is 0. The highest BCUT2D eigenvalue weighted by molar-refractivity contribution is 5.97. The number of rotatable bonds is 3. The van der Waals surface area contributed by atoms with Crippen LogP contribution in [0, 0.1) is 19.8 Å². The smallest absolute Gasteiger partial charge is 0.229 e. The average molecular weight is 274 g/mol. The summed E-state index contributed by atoms with van der Waals surface area (Å²) in [4.78, 5) is 25.3. The Morgan fingerprint density at radius 3 is 2.45 bits per heavy atom. The number of carbonyl (C=O) groups excluding carboxylic acids is 2. The molecule has 4 nitrogen and oxygen atoms in total. The van der Waals surface area contributed by atoms with E-state index in [1.54, 1.807) is 0 Å². The van der Waals surface area contributed by atoms with Crippen molar-refractivity contribution in [1.29, 1.82) is 0 Å². The minimum atomic E-state index is -0.323. The Labute approximate surface area is 119 Å². The summed E-state index contributed by atoms with van der Waals surface area (Å²) in [6.45, 7) is 6.21. The topological polar surface area (TPSA) is 63.4 Å². The number of hydrogen-bond acceptors (Lipinski definition) is 3. The van der Waals surface area contributed by atoms with E-state index in [4.69, 9.17) is 5.73 Å². The molecule has 0 radical (unpaired) electrons. The molecule has 0 saturated carbocycles. The average Bonchev–Trinajstić information content (AvgIpc) is 2.36. The lowest BCUT2D eigenvalue weighted by molar-refractivity contribution is -0.150. The first kappa shape index (κ1) is 14.7. The van der Waals surface area contributed by atoms with Crippen molar-refractivity contribution in [3.05, 3.63) is 34.9 Å². The van der Waals surface area contributed by atoms with Gasteiger partial charge in [0.25, 0.3) is 0 Å². The number of piperidine rings is 1. The number of amides is 2. The van der Waals surface area contributed by atoms with Gasteiger partial charge in [-0.3, -0.25) is 14.5 Å². The Kier molecular flexibility index (Phi) is 4.23. The van der Waals surface area contributed by atoms with Crippen LogP contribution in [0.25, 0.3) is 0 Å². The van der Waals surface area contributed by atoms with Crippen LogP contribution in [0.1, 0.15) is 42.5 Å². The third kappa shape index (κ3) is 3.07. The third-order valence-corrected chi connectivity index (χ3v) is 3.86. The maximum absolute atomic E-state index is 12.0. The van der Waals surface area contributed by atoms with Crippen molar-refractivity contribution in [3.8, 4) is 0 Å². The quantitative estimate of drug-likeness (QED) is 0.858. The maximum atomic E-state index is 12.0. The molecule has 0 aliphatic carbocycles. The summed E-state index contributed by atoms with van der Waals surface area (Å²) in [6.07, 6.45) is 0.872. The van der Waals surface area contributed by atoms with Crippen LogP contribution in [0.4, 0.5) is 0 Å². The summed E-state index contributed by atoms with van der Waals surface area (Å²) >= 11 is 0. The molecule has 1 aliphatic rings. The van der Waals surface area contributed by atoms with Gasteiger partial charge in [0.2, 0.25) is 11.8 Å². The molecule has 0 spiro atoms. The largest absolute Gasteiger partial charge is 0.322 e. The van der Waals surface area contributed by atoms with Gasteiger partial charge in [-0.05, 0) is 30.9 Å². The maximum Gasteiger partial charge on any atom is 0.229 e. The van der Waals surface area contributed by atoms with Crippen molar-refractivity contribution in [2.75, 3.05) is 6.54 Å². The highest BCUT2D eigenvalue weighted by Crippen LogP contribution is 2.23. The molecule has 4 heteroatoms. The minimum Gasteiger partial charge on any atom is -0.322 e. The third-order valence-electron chi connectivity index (χ3n) is 3.86. The first-order chi connectivity index (χ1) is 9.38. The standard InChI is InChI=1S/C16H22N2O2/c1-10-4-5-12(3)13(6-10)14(17)9-18-15(19)7-11(2)8-16(18)20/h4-6,11,14H,7-9,17H2,1-3H3. The molecule has 0 bridgehead atoms. The van der Waals surface area contributed by atoms with E-state index in [0.717, 1.165) is 16.7 Å². The summed E-state index contributed by atoms with van der Waals surface area (Å²) in [5.74, 6) is -0.0628. The fourth-order valence-electron chi connectivity index (χ4n) is 2.69. The van der Waals surface area contributed by atoms with E-state index in [1.165, 1.54) is 4.90 Å². The number of hydrogen-bond donors (Lipinski definition) is 1. The van der Waals surface area contributed by atoms with Gasteiger partial charge in [-0.2, -0.15) is 0 Å². The number of benzene rings is 1. The van der Waals surface area contributed by atoms with Crippen LogP contribution in [-0.2, 0) is 9.59 Å². The number of nitrogens with two attached hydrogens (primary N) is 1. The molecule has 2 amide bonds. The zero-order valence-corrected chi connectivity index (χ0v) is 12.3. The fraction of sp³-hybridized carbons (Fsp3) is 0.500. The Balaban J connectivity index is 2.15. The minimum absolute atomic E-state index is 0.102. The molecule has 1 unspecified atom stereocenters. The Morgan fingerprint density at radius 1 is 1.25 bits per heavy atom. The second-order valence-electron chi connectivity index (χ2n) is 5.88. The first-order valence-electron chi connectivity index (χ1n) is 7.04. The van der Waals surface area contributed by atoms with Crippen molar-refractivity contribution in [2.24, 2.45) is 11.7 Å². The van der Waals surface area contributed by atoms with Gasteiger partial charge in [-0.1, -0.05) is 30.7 Å². The monoisotopic (exact) mass is 274 g/mol. The number of carbonyl (C=O) groups is 2. The molecule has 1 heterocycles. The zero-order chi connectivity index (χ0) is 14.9. The Hall–Kier alpha value is -1.68. The van der Waals surface area contributed by atoms with E-state index < -0.39 is 0 Å². The molecule has 1 fully saturated rings. The number of aryl methyl sites for hydroxylation is 2. The van der Waals surface area contributed by atoms with Gasteiger partial charge >= 0.3 is 0 Å². The van der Waals surface area contributed by atoms with Gasteiger partial charge in [0.15, 0.2) is 0 Å². The van der Waals surface area contributed by atoms with Gasteiger partial charge in [-0.25, -0.2) is 0 Å². The second kappa shape index (κ2) is 5.75. The molecule has 0 aromatic heterocycles. The van der Waals surface area contributed by atoms with Crippen LogP contribution in [-0.4, -0.2) is 23.3 Å². The molecular formula is C16H22N2O2. The molecule has 20 heavy (non-hydrogen) atoms. The zero-order valence-electron chi connectivity index (χ0n) is 12.3.